The summed E-state index contributed by atoms with van der Waals surface area (Å²) in [4.78, 5) is 45.2. The van der Waals surface area contributed by atoms with E-state index in [-0.39, 0.29) is 24.8 Å². The molecule has 4 rings (SSSR count). The van der Waals surface area contributed by atoms with Crippen LogP contribution in [0.25, 0.3) is 0 Å². The number of cyclic esters (lactones) is 1. The number of aromatic nitrogens is 2. The Bertz CT molecular complexity index is 842. The molecule has 32 heavy (non-hydrogen) atoms. The fraction of sp³-hybridized carbons (Fsp3) is 0.800. The maximum atomic E-state index is 12.5. The first-order valence-electron chi connectivity index (χ1n) is 11.4. The van der Waals surface area contributed by atoms with Crippen molar-refractivity contribution in [1.29, 1.82) is 0 Å². The van der Waals surface area contributed by atoms with Crippen LogP contribution in [0, 0.1) is 5.92 Å². The van der Waals surface area contributed by atoms with Crippen molar-refractivity contribution in [1.82, 2.24) is 24.8 Å². The number of ether oxygens (including phenoxy) is 1. The van der Waals surface area contributed by atoms with Gasteiger partial charge in [0.2, 0.25) is 5.95 Å². The van der Waals surface area contributed by atoms with Crippen molar-refractivity contribution in [2.24, 2.45) is 5.92 Å². The molecule has 0 aromatic carbocycles. The third-order valence-corrected chi connectivity index (χ3v) is 6.89. The smallest absolute Gasteiger partial charge is 0.440 e. The third kappa shape index (κ3) is 5.23. The number of amides is 1. The maximum absolute atomic E-state index is 12.5. The van der Waals surface area contributed by atoms with Gasteiger partial charge in [-0.05, 0) is 37.3 Å². The molecule has 0 spiro atoms. The summed E-state index contributed by atoms with van der Waals surface area (Å²) in [5.41, 5.74) is 0. The van der Waals surface area contributed by atoms with E-state index in [1.807, 2.05) is 16.7 Å². The van der Waals surface area contributed by atoms with E-state index in [2.05, 4.69) is 24.5 Å². The van der Waals surface area contributed by atoms with Crippen LogP contribution in [0.2, 0.25) is 0 Å². The summed E-state index contributed by atoms with van der Waals surface area (Å²) in [6, 6.07) is -0.0200. The first kappa shape index (κ1) is 22.6. The summed E-state index contributed by atoms with van der Waals surface area (Å²) in [5.74, 6) is -0.335. The highest BCUT2D eigenvalue weighted by Crippen LogP contribution is 2.27. The molecule has 2 unspecified atom stereocenters. The maximum Gasteiger partial charge on any atom is 0.440 e. The molecule has 0 bridgehead atoms. The van der Waals surface area contributed by atoms with Crippen LogP contribution >= 0.6 is 0 Å². The number of piperazine rings is 1. The number of nitrogens with zero attached hydrogens (tertiary/aromatic N) is 5. The van der Waals surface area contributed by atoms with Gasteiger partial charge >= 0.3 is 17.8 Å². The van der Waals surface area contributed by atoms with Gasteiger partial charge in [-0.1, -0.05) is 0 Å². The summed E-state index contributed by atoms with van der Waals surface area (Å²) in [7, 11) is 0. The molecular formula is C20H32N6O6. The third-order valence-electron chi connectivity index (χ3n) is 6.89. The van der Waals surface area contributed by atoms with Gasteiger partial charge in [-0.3, -0.25) is 19.2 Å². The number of nitrogens with one attached hydrogen (secondary N) is 1. The Labute approximate surface area is 186 Å². The zero-order valence-corrected chi connectivity index (χ0v) is 18.4. The van der Waals surface area contributed by atoms with E-state index in [0.29, 0.717) is 25.0 Å². The number of aromatic amines is 1. The highest BCUT2D eigenvalue weighted by molar-refractivity contribution is 5.70. The Hall–Kier alpha value is -2.60. The number of aliphatic carboxylic acids is 1. The summed E-state index contributed by atoms with van der Waals surface area (Å²) in [6.07, 6.45) is 2.49. The van der Waals surface area contributed by atoms with Crippen molar-refractivity contribution in [3.8, 4) is 0 Å². The molecule has 3 fully saturated rings. The summed E-state index contributed by atoms with van der Waals surface area (Å²) >= 11 is 0. The van der Waals surface area contributed by atoms with Gasteiger partial charge in [-0.15, -0.1) is 0 Å². The molecule has 2 atom stereocenters. The van der Waals surface area contributed by atoms with Gasteiger partial charge in [0.05, 0.1) is 12.5 Å². The molecule has 1 amide bonds. The second-order valence-electron chi connectivity index (χ2n) is 8.87. The molecule has 0 radical (unpaired) electrons. The average Bonchev–Trinajstić information content (AvgIpc) is 3.34. The van der Waals surface area contributed by atoms with E-state index in [1.54, 1.807) is 0 Å². The lowest BCUT2D eigenvalue weighted by molar-refractivity contribution is -0.137. The molecule has 0 saturated carbocycles. The van der Waals surface area contributed by atoms with Crippen molar-refractivity contribution in [3.05, 3.63) is 10.6 Å². The van der Waals surface area contributed by atoms with Gasteiger partial charge in [-0.2, -0.15) is 0 Å². The quantitative estimate of drug-likeness (QED) is 0.564. The molecule has 12 heteroatoms. The number of hydrogen-bond acceptors (Lipinski definition) is 9. The molecule has 3 aliphatic rings. The lowest BCUT2D eigenvalue weighted by Crippen LogP contribution is -2.53. The number of carboxylic acids is 1. The first-order chi connectivity index (χ1) is 15.4. The van der Waals surface area contributed by atoms with Gasteiger partial charge < -0.3 is 24.5 Å². The Morgan fingerprint density at radius 3 is 2.47 bits per heavy atom. The van der Waals surface area contributed by atoms with Crippen LogP contribution in [0.15, 0.2) is 9.32 Å². The number of carbonyl (C=O) groups excluding carboxylic acids is 1. The zero-order valence-electron chi connectivity index (χ0n) is 18.4. The first-order valence-corrected chi connectivity index (χ1v) is 11.4. The topological polar surface area (TPSA) is 135 Å². The van der Waals surface area contributed by atoms with Gasteiger partial charge in [0.25, 0.3) is 0 Å². The second-order valence-corrected chi connectivity index (χ2v) is 8.87. The van der Waals surface area contributed by atoms with Crippen LogP contribution in [-0.4, -0.2) is 107 Å². The van der Waals surface area contributed by atoms with Crippen molar-refractivity contribution in [2.75, 3.05) is 57.3 Å². The minimum Gasteiger partial charge on any atom is -0.481 e. The van der Waals surface area contributed by atoms with E-state index in [9.17, 15) is 14.4 Å². The fourth-order valence-corrected chi connectivity index (χ4v) is 4.87. The number of carboxylic acid groups (broad SMARTS) is 1. The van der Waals surface area contributed by atoms with Crippen LogP contribution in [0.4, 0.5) is 10.7 Å². The number of piperidine rings is 1. The lowest BCUT2D eigenvalue weighted by Gasteiger charge is -2.38. The highest BCUT2D eigenvalue weighted by atomic mass is 16.6. The van der Waals surface area contributed by atoms with E-state index >= 15 is 0 Å². The number of H-pyrrole nitrogens is 1. The largest absolute Gasteiger partial charge is 0.481 e. The molecule has 12 nitrogen and oxygen atoms in total. The van der Waals surface area contributed by atoms with Crippen LogP contribution in [0.5, 0.6) is 0 Å². The minimum absolute atomic E-state index is 0.0200. The van der Waals surface area contributed by atoms with Crippen LogP contribution in [0.3, 0.4) is 0 Å². The van der Waals surface area contributed by atoms with Crippen molar-refractivity contribution < 1.29 is 24.0 Å². The van der Waals surface area contributed by atoms with Crippen molar-refractivity contribution in [3.63, 3.8) is 0 Å². The SMILES string of the molecule is CC1C(N2CCN(CCC(=O)O)CC2)OC(=O)N1CCC1CCN(c2noc(=O)[nH]2)CC1. The number of hydrogen-bond donors (Lipinski definition) is 2. The van der Waals surface area contributed by atoms with Gasteiger partial charge in [0.1, 0.15) is 0 Å². The fourth-order valence-electron chi connectivity index (χ4n) is 4.87. The van der Waals surface area contributed by atoms with Crippen LogP contribution in [0.1, 0.15) is 32.6 Å². The molecule has 2 N–H and O–H groups in total. The Kier molecular flexibility index (Phi) is 6.99. The average molecular weight is 453 g/mol. The monoisotopic (exact) mass is 452 g/mol. The molecular weight excluding hydrogens is 420 g/mol. The lowest BCUT2D eigenvalue weighted by atomic mass is 9.93. The van der Waals surface area contributed by atoms with E-state index in [1.165, 1.54) is 0 Å². The summed E-state index contributed by atoms with van der Waals surface area (Å²) in [6.45, 7) is 7.94. The predicted molar refractivity (Wildman–Crippen MR) is 113 cm³/mol. The molecule has 178 valence electrons. The standard InChI is InChI=1S/C20H32N6O6/c1-14-17(24-12-10-23(11-13-24)6-5-16(27)28)31-20(30)26(14)9-4-15-2-7-25(8-3-15)18-21-19(29)32-22-18/h14-15,17H,2-13H2,1H3,(H,27,28)(H,21,22,29). The Morgan fingerprint density at radius 2 is 1.84 bits per heavy atom. The van der Waals surface area contributed by atoms with Crippen molar-refractivity contribution >= 4 is 18.0 Å². The van der Waals surface area contributed by atoms with E-state index in [0.717, 1.165) is 58.5 Å². The molecule has 0 aliphatic carbocycles. The number of rotatable bonds is 8. The molecule has 4 heterocycles. The Balaban J connectivity index is 1.20. The minimum atomic E-state index is -0.778. The van der Waals surface area contributed by atoms with Crippen LogP contribution in [-0.2, 0) is 9.53 Å². The zero-order chi connectivity index (χ0) is 22.7. The van der Waals surface area contributed by atoms with E-state index in [4.69, 9.17) is 9.84 Å². The Morgan fingerprint density at radius 1 is 1.12 bits per heavy atom. The second kappa shape index (κ2) is 9.90. The summed E-state index contributed by atoms with van der Waals surface area (Å²) in [5, 5.41) is 12.6. The molecule has 1 aromatic heterocycles. The number of anilines is 1. The molecule has 3 aliphatic heterocycles. The number of carbonyl (C=O) groups is 2. The predicted octanol–water partition coefficient (Wildman–Crippen LogP) is 0.229. The normalized spacial score (nSPS) is 26.0. The molecule has 1 aromatic rings. The van der Waals surface area contributed by atoms with Crippen molar-refractivity contribution in [2.45, 2.75) is 44.9 Å². The molecule has 3 saturated heterocycles. The highest BCUT2D eigenvalue weighted by Gasteiger charge is 2.42. The van der Waals surface area contributed by atoms with E-state index < -0.39 is 11.7 Å². The van der Waals surface area contributed by atoms with Gasteiger partial charge in [0.15, 0.2) is 6.23 Å². The summed E-state index contributed by atoms with van der Waals surface area (Å²) < 4.78 is 10.3. The van der Waals surface area contributed by atoms with Crippen LogP contribution < -0.4 is 10.7 Å². The van der Waals surface area contributed by atoms with Gasteiger partial charge in [-0.25, -0.2) is 9.59 Å². The van der Waals surface area contributed by atoms with Gasteiger partial charge in [0, 0.05) is 52.4 Å².